The molecule has 130 valence electrons. The van der Waals surface area contributed by atoms with E-state index in [2.05, 4.69) is 5.32 Å². The number of furan rings is 1. The van der Waals surface area contributed by atoms with Gasteiger partial charge in [0.25, 0.3) is 0 Å². The van der Waals surface area contributed by atoms with Crippen LogP contribution < -0.4 is 5.32 Å². The number of halogens is 1. The van der Waals surface area contributed by atoms with Crippen LogP contribution in [0.15, 0.2) is 71.1 Å². The molecule has 26 heavy (non-hydrogen) atoms. The zero-order valence-corrected chi connectivity index (χ0v) is 14.7. The topological polar surface area (TPSA) is 42.2 Å². The first-order valence-corrected chi connectivity index (χ1v) is 9.38. The van der Waals surface area contributed by atoms with Crippen molar-refractivity contribution in [3.05, 3.63) is 78.1 Å². The first kappa shape index (κ1) is 16.7. The summed E-state index contributed by atoms with van der Waals surface area (Å²) < 4.78 is 18.7. The molecule has 0 aliphatic rings. The maximum atomic E-state index is 12.9. The van der Waals surface area contributed by atoms with Crippen molar-refractivity contribution in [1.82, 2.24) is 0 Å². The molecular weight excluding hydrogens is 349 g/mol. The molecule has 0 saturated heterocycles. The quantitative estimate of drug-likeness (QED) is 0.501. The number of amides is 1. The Kier molecular flexibility index (Phi) is 4.63. The molecule has 0 aliphatic carbocycles. The fraction of sp³-hybridized carbons (Fsp3) is 0.0952. The highest BCUT2D eigenvalue weighted by atomic mass is 32.2. The monoisotopic (exact) mass is 365 g/mol. The number of hydrogen-bond acceptors (Lipinski definition) is 3. The lowest BCUT2D eigenvalue weighted by Crippen LogP contribution is -2.14. The molecular formula is C21H16FNO2S. The first-order chi connectivity index (χ1) is 12.7. The Morgan fingerprint density at radius 3 is 2.58 bits per heavy atom. The number of anilines is 1. The molecule has 0 atom stereocenters. The summed E-state index contributed by atoms with van der Waals surface area (Å²) in [7, 11) is 0. The van der Waals surface area contributed by atoms with E-state index in [1.807, 2.05) is 42.5 Å². The van der Waals surface area contributed by atoms with Gasteiger partial charge in [-0.1, -0.05) is 30.3 Å². The van der Waals surface area contributed by atoms with Gasteiger partial charge < -0.3 is 9.73 Å². The summed E-state index contributed by atoms with van der Waals surface area (Å²) in [5.74, 6) is 0.684. The van der Waals surface area contributed by atoms with E-state index in [0.29, 0.717) is 11.5 Å². The molecule has 0 unspecified atom stereocenters. The molecule has 4 rings (SSSR count). The second kappa shape index (κ2) is 7.22. The second-order valence-corrected chi connectivity index (χ2v) is 6.96. The summed E-state index contributed by atoms with van der Waals surface area (Å²) in [6, 6.07) is 19.8. The van der Waals surface area contributed by atoms with E-state index in [-0.39, 0.29) is 11.7 Å². The summed E-state index contributed by atoms with van der Waals surface area (Å²) in [6.07, 6.45) is 0. The molecule has 0 fully saturated rings. The van der Waals surface area contributed by atoms with E-state index in [1.54, 1.807) is 12.1 Å². The summed E-state index contributed by atoms with van der Waals surface area (Å²) >= 11 is 1.49. The van der Waals surface area contributed by atoms with Crippen LogP contribution >= 0.6 is 11.8 Å². The van der Waals surface area contributed by atoms with Crippen LogP contribution in [0.25, 0.3) is 21.9 Å². The number of rotatable bonds is 5. The van der Waals surface area contributed by atoms with Gasteiger partial charge in [0, 0.05) is 22.2 Å². The molecule has 1 N–H and O–H groups in total. The zero-order chi connectivity index (χ0) is 17.9. The zero-order valence-electron chi connectivity index (χ0n) is 13.9. The highest BCUT2D eigenvalue weighted by molar-refractivity contribution is 7.99. The van der Waals surface area contributed by atoms with Crippen molar-refractivity contribution in [2.45, 2.75) is 5.75 Å². The van der Waals surface area contributed by atoms with Gasteiger partial charge >= 0.3 is 0 Å². The fourth-order valence-electron chi connectivity index (χ4n) is 2.84. The van der Waals surface area contributed by atoms with E-state index in [4.69, 9.17) is 4.42 Å². The van der Waals surface area contributed by atoms with E-state index in [9.17, 15) is 9.18 Å². The van der Waals surface area contributed by atoms with Crippen molar-refractivity contribution in [1.29, 1.82) is 0 Å². The van der Waals surface area contributed by atoms with Gasteiger partial charge in [0.15, 0.2) is 0 Å². The molecule has 0 aliphatic heterocycles. The van der Waals surface area contributed by atoms with Crippen LogP contribution in [-0.4, -0.2) is 11.7 Å². The minimum Gasteiger partial charge on any atom is -0.456 e. The second-order valence-electron chi connectivity index (χ2n) is 5.98. The third-order valence-corrected chi connectivity index (χ3v) is 5.08. The number of benzene rings is 3. The van der Waals surface area contributed by atoms with Crippen molar-refractivity contribution in [3.8, 4) is 0 Å². The predicted octanol–water partition coefficient (Wildman–Crippen LogP) is 5.60. The Labute approximate surface area is 154 Å². The van der Waals surface area contributed by atoms with Crippen molar-refractivity contribution < 1.29 is 13.6 Å². The van der Waals surface area contributed by atoms with Crippen LogP contribution in [0.4, 0.5) is 10.1 Å². The number of carbonyl (C=O) groups excluding carboxylic acids is 1. The van der Waals surface area contributed by atoms with Gasteiger partial charge in [0.1, 0.15) is 17.0 Å². The summed E-state index contributed by atoms with van der Waals surface area (Å²) in [6.45, 7) is 0. The van der Waals surface area contributed by atoms with Crippen molar-refractivity contribution >= 4 is 45.3 Å². The van der Waals surface area contributed by atoms with E-state index in [0.717, 1.165) is 33.2 Å². The number of hydrogen-bond donors (Lipinski definition) is 1. The average molecular weight is 365 g/mol. The smallest absolute Gasteiger partial charge is 0.234 e. The minimum atomic E-state index is -0.251. The maximum Gasteiger partial charge on any atom is 0.234 e. The highest BCUT2D eigenvalue weighted by Crippen LogP contribution is 2.30. The van der Waals surface area contributed by atoms with Crippen LogP contribution in [0.1, 0.15) is 5.56 Å². The number of carbonyl (C=O) groups is 1. The molecule has 0 spiro atoms. The first-order valence-electron chi connectivity index (χ1n) is 8.22. The lowest BCUT2D eigenvalue weighted by atomic mass is 10.1. The van der Waals surface area contributed by atoms with Gasteiger partial charge in [-0.3, -0.25) is 4.79 Å². The molecule has 0 bridgehead atoms. The lowest BCUT2D eigenvalue weighted by molar-refractivity contribution is -0.113. The number of nitrogens with one attached hydrogen (secondary N) is 1. The SMILES string of the molecule is O=C(CSCc1ccc(F)cc1)Nc1ccc2oc3ccccc3c2c1. The molecule has 1 amide bonds. The molecule has 3 aromatic carbocycles. The Balaban J connectivity index is 1.40. The summed E-state index contributed by atoms with van der Waals surface area (Å²) in [4.78, 5) is 12.2. The largest absolute Gasteiger partial charge is 0.456 e. The Hall–Kier alpha value is -2.79. The van der Waals surface area contributed by atoms with Gasteiger partial charge in [-0.25, -0.2) is 4.39 Å². The minimum absolute atomic E-state index is 0.0655. The third-order valence-electron chi connectivity index (χ3n) is 4.08. The molecule has 3 nitrogen and oxygen atoms in total. The van der Waals surface area contributed by atoms with Crippen LogP contribution in [0.2, 0.25) is 0 Å². The standard InChI is InChI=1S/C21H16FNO2S/c22-15-7-5-14(6-8-15)12-26-13-21(24)23-16-9-10-20-18(11-16)17-3-1-2-4-19(17)25-20/h1-11H,12-13H2,(H,23,24). The molecule has 1 heterocycles. The van der Waals surface area contributed by atoms with E-state index < -0.39 is 0 Å². The van der Waals surface area contributed by atoms with Gasteiger partial charge in [-0.15, -0.1) is 11.8 Å². The third kappa shape index (κ3) is 3.58. The van der Waals surface area contributed by atoms with Crippen molar-refractivity contribution in [2.75, 3.05) is 11.1 Å². The van der Waals surface area contributed by atoms with Gasteiger partial charge in [0.2, 0.25) is 5.91 Å². The van der Waals surface area contributed by atoms with Gasteiger partial charge in [0.05, 0.1) is 5.75 Å². The van der Waals surface area contributed by atoms with Crippen molar-refractivity contribution in [3.63, 3.8) is 0 Å². The molecule has 0 saturated carbocycles. The van der Waals surface area contributed by atoms with Gasteiger partial charge in [-0.2, -0.15) is 0 Å². The van der Waals surface area contributed by atoms with Crippen molar-refractivity contribution in [2.24, 2.45) is 0 Å². The normalized spacial score (nSPS) is 11.1. The lowest BCUT2D eigenvalue weighted by Gasteiger charge is -2.05. The highest BCUT2D eigenvalue weighted by Gasteiger charge is 2.09. The van der Waals surface area contributed by atoms with Crippen LogP contribution in [0.3, 0.4) is 0 Å². The molecule has 1 aromatic heterocycles. The van der Waals surface area contributed by atoms with Gasteiger partial charge in [-0.05, 0) is 42.0 Å². The predicted molar refractivity (Wildman–Crippen MR) is 105 cm³/mol. The van der Waals surface area contributed by atoms with E-state index in [1.165, 1.54) is 23.9 Å². The average Bonchev–Trinajstić information content (AvgIpc) is 3.01. The summed E-state index contributed by atoms with van der Waals surface area (Å²) in [5, 5.41) is 4.94. The molecule has 5 heteroatoms. The number of thioether (sulfide) groups is 1. The Morgan fingerprint density at radius 2 is 1.73 bits per heavy atom. The maximum absolute atomic E-state index is 12.9. The van der Waals surface area contributed by atoms with Crippen LogP contribution in [-0.2, 0) is 10.5 Å². The number of para-hydroxylation sites is 1. The van der Waals surface area contributed by atoms with Crippen LogP contribution in [0.5, 0.6) is 0 Å². The Bertz CT molecular complexity index is 1070. The van der Waals surface area contributed by atoms with E-state index >= 15 is 0 Å². The molecule has 4 aromatic rings. The fourth-order valence-corrected chi connectivity index (χ4v) is 3.63. The molecule has 0 radical (unpaired) electrons. The Morgan fingerprint density at radius 1 is 0.962 bits per heavy atom. The number of fused-ring (bicyclic) bond motifs is 3. The summed E-state index contributed by atoms with van der Waals surface area (Å²) in [5.41, 5.74) is 3.38. The van der Waals surface area contributed by atoms with Crippen LogP contribution in [0, 0.1) is 5.82 Å².